The maximum Gasteiger partial charge on any atom is 0.253 e. The molecule has 3 rings (SSSR count). The van der Waals surface area contributed by atoms with Gasteiger partial charge in [-0.15, -0.1) is 0 Å². The summed E-state index contributed by atoms with van der Waals surface area (Å²) in [6, 6.07) is 5.17. The minimum atomic E-state index is -0.0471. The third kappa shape index (κ3) is 4.71. The maximum absolute atomic E-state index is 12.8. The van der Waals surface area contributed by atoms with E-state index in [-0.39, 0.29) is 23.8 Å². The van der Waals surface area contributed by atoms with Gasteiger partial charge in [-0.3, -0.25) is 9.59 Å². The van der Waals surface area contributed by atoms with E-state index < -0.39 is 0 Å². The number of benzene rings is 1. The van der Waals surface area contributed by atoms with Crippen molar-refractivity contribution in [1.82, 2.24) is 10.2 Å². The summed E-state index contributed by atoms with van der Waals surface area (Å²) in [5.74, 6) is 1.11. The number of carbonyl (C=O) groups excluding carboxylic acids is 2. The summed E-state index contributed by atoms with van der Waals surface area (Å²) in [5, 5.41) is 3.00. The lowest BCUT2D eigenvalue weighted by atomic mass is 9.95. The molecule has 7 nitrogen and oxygen atoms in total. The molecule has 2 amide bonds. The molecule has 1 atom stereocenters. The average molecular weight is 376 g/mol. The van der Waals surface area contributed by atoms with E-state index in [2.05, 4.69) is 5.32 Å². The summed E-state index contributed by atoms with van der Waals surface area (Å²) in [5.41, 5.74) is 0.564. The third-order valence-electron chi connectivity index (χ3n) is 5.31. The van der Waals surface area contributed by atoms with Crippen molar-refractivity contribution < 1.29 is 23.8 Å². The van der Waals surface area contributed by atoms with Gasteiger partial charge >= 0.3 is 0 Å². The topological polar surface area (TPSA) is 77.1 Å². The first-order chi connectivity index (χ1) is 13.1. The highest BCUT2D eigenvalue weighted by Crippen LogP contribution is 2.29. The summed E-state index contributed by atoms with van der Waals surface area (Å²) in [6.07, 6.45) is 3.59. The summed E-state index contributed by atoms with van der Waals surface area (Å²) < 4.78 is 16.0. The number of nitrogens with zero attached hydrogens (tertiary/aromatic N) is 1. The molecule has 1 N–H and O–H groups in total. The predicted molar refractivity (Wildman–Crippen MR) is 100 cm³/mol. The van der Waals surface area contributed by atoms with Gasteiger partial charge in [0, 0.05) is 37.7 Å². The molecule has 2 fully saturated rings. The quantitative estimate of drug-likeness (QED) is 0.820. The molecule has 2 aliphatic heterocycles. The highest BCUT2D eigenvalue weighted by molar-refractivity contribution is 5.95. The molecule has 2 aliphatic rings. The summed E-state index contributed by atoms with van der Waals surface area (Å²) in [7, 11) is 3.11. The van der Waals surface area contributed by atoms with Crippen LogP contribution in [0.4, 0.5) is 0 Å². The second-order valence-electron chi connectivity index (χ2n) is 7.02. The first kappa shape index (κ1) is 19.5. The van der Waals surface area contributed by atoms with E-state index in [1.807, 2.05) is 0 Å². The zero-order chi connectivity index (χ0) is 19.2. The third-order valence-corrected chi connectivity index (χ3v) is 5.31. The van der Waals surface area contributed by atoms with Gasteiger partial charge in [0.05, 0.1) is 20.3 Å². The molecule has 0 aromatic heterocycles. The van der Waals surface area contributed by atoms with E-state index in [1.165, 1.54) is 0 Å². The van der Waals surface area contributed by atoms with Crippen LogP contribution >= 0.6 is 0 Å². The monoisotopic (exact) mass is 376 g/mol. The minimum Gasteiger partial charge on any atom is -0.493 e. The Morgan fingerprint density at radius 1 is 1.15 bits per heavy atom. The molecular formula is C20H28N2O5. The van der Waals surface area contributed by atoms with E-state index in [9.17, 15) is 9.59 Å². The smallest absolute Gasteiger partial charge is 0.253 e. The van der Waals surface area contributed by atoms with Crippen molar-refractivity contribution in [3.05, 3.63) is 23.8 Å². The zero-order valence-corrected chi connectivity index (χ0v) is 16.0. The van der Waals surface area contributed by atoms with E-state index in [0.29, 0.717) is 49.5 Å². The van der Waals surface area contributed by atoms with Gasteiger partial charge in [0.1, 0.15) is 0 Å². The van der Waals surface area contributed by atoms with Crippen LogP contribution in [0.3, 0.4) is 0 Å². The molecule has 0 aliphatic carbocycles. The maximum atomic E-state index is 12.8. The Labute approximate surface area is 160 Å². The van der Waals surface area contributed by atoms with Crippen molar-refractivity contribution >= 4 is 11.8 Å². The minimum absolute atomic E-state index is 0.0409. The van der Waals surface area contributed by atoms with Crippen molar-refractivity contribution in [2.24, 2.45) is 5.92 Å². The van der Waals surface area contributed by atoms with Crippen molar-refractivity contribution in [2.75, 3.05) is 40.5 Å². The Morgan fingerprint density at radius 3 is 2.52 bits per heavy atom. The number of piperidine rings is 1. The molecule has 1 aromatic rings. The Kier molecular flexibility index (Phi) is 6.55. The molecule has 0 spiro atoms. The predicted octanol–water partition coefficient (Wildman–Crippen LogP) is 1.85. The lowest BCUT2D eigenvalue weighted by Crippen LogP contribution is -2.44. The van der Waals surface area contributed by atoms with Crippen LogP contribution in [0.5, 0.6) is 11.5 Å². The van der Waals surface area contributed by atoms with E-state index in [0.717, 1.165) is 19.4 Å². The van der Waals surface area contributed by atoms with Crippen molar-refractivity contribution in [3.63, 3.8) is 0 Å². The summed E-state index contributed by atoms with van der Waals surface area (Å²) in [6.45, 7) is 2.52. The molecule has 0 radical (unpaired) electrons. The second-order valence-corrected chi connectivity index (χ2v) is 7.02. The van der Waals surface area contributed by atoms with Crippen LogP contribution in [0.25, 0.3) is 0 Å². The van der Waals surface area contributed by atoms with Crippen molar-refractivity contribution in [3.8, 4) is 11.5 Å². The molecule has 27 heavy (non-hydrogen) atoms. The number of hydrogen-bond acceptors (Lipinski definition) is 5. The van der Waals surface area contributed by atoms with Crippen LogP contribution in [0, 0.1) is 5.92 Å². The number of amides is 2. The normalized spacial score (nSPS) is 20.4. The Balaban J connectivity index is 1.50. The molecule has 1 aromatic carbocycles. The van der Waals surface area contributed by atoms with E-state index in [4.69, 9.17) is 14.2 Å². The average Bonchev–Trinajstić information content (AvgIpc) is 3.24. The van der Waals surface area contributed by atoms with E-state index >= 15 is 0 Å². The summed E-state index contributed by atoms with van der Waals surface area (Å²) in [4.78, 5) is 26.9. The van der Waals surface area contributed by atoms with Crippen LogP contribution in [0.1, 0.15) is 36.0 Å². The molecule has 0 saturated carbocycles. The highest BCUT2D eigenvalue weighted by Gasteiger charge is 2.28. The van der Waals surface area contributed by atoms with Crippen LogP contribution in [-0.2, 0) is 9.53 Å². The molecule has 148 valence electrons. The Hall–Kier alpha value is -2.28. The van der Waals surface area contributed by atoms with E-state index in [1.54, 1.807) is 37.3 Å². The number of rotatable bonds is 6. The first-order valence-electron chi connectivity index (χ1n) is 9.53. The van der Waals surface area contributed by atoms with Crippen LogP contribution in [0.2, 0.25) is 0 Å². The van der Waals surface area contributed by atoms with Crippen LogP contribution < -0.4 is 14.8 Å². The second kappa shape index (κ2) is 9.08. The lowest BCUT2D eigenvalue weighted by Gasteiger charge is -2.31. The number of hydrogen-bond donors (Lipinski definition) is 1. The molecule has 2 heterocycles. The fourth-order valence-corrected chi connectivity index (χ4v) is 3.66. The number of methoxy groups -OCH3 is 2. The van der Waals surface area contributed by atoms with Gasteiger partial charge in [-0.1, -0.05) is 0 Å². The molecule has 7 heteroatoms. The first-order valence-corrected chi connectivity index (χ1v) is 9.53. The Bertz CT molecular complexity index is 664. The fourth-order valence-electron chi connectivity index (χ4n) is 3.66. The molecule has 0 unspecified atom stereocenters. The van der Waals surface area contributed by atoms with Gasteiger partial charge < -0.3 is 24.4 Å². The van der Waals surface area contributed by atoms with Gasteiger partial charge in [0.25, 0.3) is 5.91 Å². The number of likely N-dealkylation sites (tertiary alicyclic amines) is 1. The number of nitrogens with one attached hydrogen (secondary N) is 1. The van der Waals surface area contributed by atoms with Crippen LogP contribution in [-0.4, -0.2) is 63.3 Å². The molecule has 2 saturated heterocycles. The van der Waals surface area contributed by atoms with Crippen molar-refractivity contribution in [2.45, 2.75) is 31.8 Å². The molecule has 0 bridgehead atoms. The zero-order valence-electron chi connectivity index (χ0n) is 16.0. The number of ether oxygens (including phenoxy) is 3. The number of carbonyl (C=O) groups is 2. The van der Waals surface area contributed by atoms with Crippen LogP contribution in [0.15, 0.2) is 18.2 Å². The van der Waals surface area contributed by atoms with Gasteiger partial charge in [0.2, 0.25) is 5.91 Å². The lowest BCUT2D eigenvalue weighted by molar-refractivity contribution is -0.126. The van der Waals surface area contributed by atoms with Gasteiger partial charge in [0.15, 0.2) is 11.5 Å². The Morgan fingerprint density at radius 2 is 1.89 bits per heavy atom. The van der Waals surface area contributed by atoms with Crippen molar-refractivity contribution in [1.29, 1.82) is 0 Å². The largest absolute Gasteiger partial charge is 0.493 e. The van der Waals surface area contributed by atoms with Gasteiger partial charge in [-0.05, 0) is 43.9 Å². The molecular weight excluding hydrogens is 348 g/mol. The van der Waals surface area contributed by atoms with Gasteiger partial charge in [-0.2, -0.15) is 0 Å². The fraction of sp³-hybridized carbons (Fsp3) is 0.600. The SMILES string of the molecule is COc1ccc(C(=O)N2CCC(C(=O)NC[C@@H]3CCCO3)CC2)cc1OC. The standard InChI is InChI=1S/C20H28N2O5/c1-25-17-6-5-15(12-18(17)26-2)20(24)22-9-7-14(8-10-22)19(23)21-13-16-4-3-11-27-16/h5-6,12,14,16H,3-4,7-11,13H2,1-2H3,(H,21,23)/t16-/m0/s1. The summed E-state index contributed by atoms with van der Waals surface area (Å²) >= 11 is 0. The highest BCUT2D eigenvalue weighted by atomic mass is 16.5. The van der Waals surface area contributed by atoms with Gasteiger partial charge in [-0.25, -0.2) is 0 Å².